The van der Waals surface area contributed by atoms with E-state index in [9.17, 15) is 9.59 Å². The molecule has 0 spiro atoms. The van der Waals surface area contributed by atoms with Crippen LogP contribution in [0.25, 0.3) is 0 Å². The minimum Gasteiger partial charge on any atom is -0.373 e. The molecule has 2 amide bonds. The Morgan fingerprint density at radius 3 is 2.41 bits per heavy atom. The van der Waals surface area contributed by atoms with Crippen molar-refractivity contribution >= 4 is 11.8 Å². The first kappa shape index (κ1) is 22.1. The van der Waals surface area contributed by atoms with E-state index in [0.717, 1.165) is 32.5 Å². The monoisotopic (exact) mass is 382 g/mol. The van der Waals surface area contributed by atoms with Gasteiger partial charge in [-0.1, -0.05) is 33.1 Å². The van der Waals surface area contributed by atoms with Crippen molar-refractivity contribution in [2.24, 2.45) is 11.7 Å². The normalized spacial score (nSPS) is 23.6. The highest BCUT2D eigenvalue weighted by atomic mass is 16.5. The third-order valence-corrected chi connectivity index (χ3v) is 5.94. The number of morpholine rings is 1. The lowest BCUT2D eigenvalue weighted by Crippen LogP contribution is -2.63. The summed E-state index contributed by atoms with van der Waals surface area (Å²) in [6, 6.07) is -0.585. The number of nitrogens with one attached hydrogen (secondary N) is 2. The predicted octanol–water partition coefficient (Wildman–Crippen LogP) is 1.02. The molecule has 0 radical (unpaired) electrons. The lowest BCUT2D eigenvalue weighted by Gasteiger charge is -2.51. The molecule has 27 heavy (non-hydrogen) atoms. The van der Waals surface area contributed by atoms with Crippen LogP contribution in [-0.2, 0) is 14.3 Å². The molecule has 0 aromatic rings. The zero-order valence-corrected chi connectivity index (χ0v) is 17.5. The van der Waals surface area contributed by atoms with Gasteiger partial charge in [0.25, 0.3) is 0 Å². The fraction of sp³-hybridized carbons (Fsp3) is 0.900. The van der Waals surface area contributed by atoms with Gasteiger partial charge in [-0.3, -0.25) is 14.5 Å². The van der Waals surface area contributed by atoms with E-state index in [1.165, 1.54) is 19.3 Å². The first-order valence-electron chi connectivity index (χ1n) is 10.3. The number of hydrogen-bond donors (Lipinski definition) is 3. The van der Waals surface area contributed by atoms with E-state index in [0.29, 0.717) is 6.54 Å². The number of ether oxygens (including phenoxy) is 1. The van der Waals surface area contributed by atoms with Crippen LogP contribution < -0.4 is 16.4 Å². The summed E-state index contributed by atoms with van der Waals surface area (Å²) < 4.78 is 5.88. The Kier molecular flexibility index (Phi) is 7.65. The maximum Gasteiger partial charge on any atom is 0.239 e. The van der Waals surface area contributed by atoms with E-state index in [-0.39, 0.29) is 35.4 Å². The molecule has 2 aliphatic rings. The van der Waals surface area contributed by atoms with E-state index in [1.807, 2.05) is 13.8 Å². The number of rotatable bonds is 7. The summed E-state index contributed by atoms with van der Waals surface area (Å²) in [5.41, 5.74) is 5.65. The number of nitrogens with two attached hydrogens (primary N) is 1. The minimum absolute atomic E-state index is 0.00664. The number of carbonyl (C=O) groups is 2. The molecule has 1 saturated carbocycles. The summed E-state index contributed by atoms with van der Waals surface area (Å²) in [6.45, 7) is 11.1. The summed E-state index contributed by atoms with van der Waals surface area (Å²) in [5, 5.41) is 5.71. The summed E-state index contributed by atoms with van der Waals surface area (Å²) in [5.74, 6) is -0.387. The van der Waals surface area contributed by atoms with Crippen LogP contribution in [0, 0.1) is 5.92 Å². The molecule has 1 heterocycles. The van der Waals surface area contributed by atoms with Crippen LogP contribution >= 0.6 is 0 Å². The standard InChI is InChI=1S/C20H38N4O3/c1-15(2)17(21)18(26)22-12-16(25)23-13-20(8-6-5-7-9-20)24-10-11-27-19(3,4)14-24/h15,17H,5-14,21H2,1-4H3,(H,22,26)(H,23,25)/t17-/m0/s1. The average molecular weight is 383 g/mol. The lowest BCUT2D eigenvalue weighted by molar-refractivity contribution is -0.131. The fourth-order valence-electron chi connectivity index (χ4n) is 4.15. The molecule has 1 saturated heterocycles. The van der Waals surface area contributed by atoms with E-state index in [2.05, 4.69) is 29.4 Å². The van der Waals surface area contributed by atoms with Crippen molar-refractivity contribution in [1.29, 1.82) is 0 Å². The van der Waals surface area contributed by atoms with Gasteiger partial charge in [-0.2, -0.15) is 0 Å². The maximum absolute atomic E-state index is 12.3. The number of nitrogens with zero attached hydrogens (tertiary/aromatic N) is 1. The zero-order chi connectivity index (χ0) is 20.1. The Morgan fingerprint density at radius 1 is 1.15 bits per heavy atom. The van der Waals surface area contributed by atoms with Gasteiger partial charge in [0.15, 0.2) is 0 Å². The van der Waals surface area contributed by atoms with Crippen molar-refractivity contribution in [2.75, 3.05) is 32.8 Å². The van der Waals surface area contributed by atoms with Gasteiger partial charge in [0.05, 0.1) is 24.8 Å². The molecule has 1 aliphatic carbocycles. The van der Waals surface area contributed by atoms with E-state index < -0.39 is 6.04 Å². The van der Waals surface area contributed by atoms with Crippen LogP contribution in [0.4, 0.5) is 0 Å². The molecular formula is C20H38N4O3. The van der Waals surface area contributed by atoms with Crippen molar-refractivity contribution in [3.63, 3.8) is 0 Å². The van der Waals surface area contributed by atoms with Crippen LogP contribution in [0.15, 0.2) is 0 Å². The Labute approximate surface area is 163 Å². The second kappa shape index (κ2) is 9.34. The van der Waals surface area contributed by atoms with Crippen LogP contribution in [0.5, 0.6) is 0 Å². The van der Waals surface area contributed by atoms with Crippen molar-refractivity contribution in [3.05, 3.63) is 0 Å². The van der Waals surface area contributed by atoms with Gasteiger partial charge >= 0.3 is 0 Å². The molecule has 4 N–H and O–H groups in total. The Bertz CT molecular complexity index is 515. The molecule has 156 valence electrons. The molecule has 1 atom stereocenters. The molecule has 2 rings (SSSR count). The van der Waals surface area contributed by atoms with Crippen molar-refractivity contribution in [2.45, 2.75) is 77.0 Å². The van der Waals surface area contributed by atoms with E-state index >= 15 is 0 Å². The van der Waals surface area contributed by atoms with Gasteiger partial charge in [0, 0.05) is 25.2 Å². The molecule has 2 fully saturated rings. The molecule has 1 aliphatic heterocycles. The summed E-state index contributed by atoms with van der Waals surface area (Å²) in [4.78, 5) is 26.8. The highest BCUT2D eigenvalue weighted by Crippen LogP contribution is 2.35. The van der Waals surface area contributed by atoms with Crippen molar-refractivity contribution in [3.8, 4) is 0 Å². The molecule has 0 aromatic carbocycles. The van der Waals surface area contributed by atoms with Gasteiger partial charge in [-0.25, -0.2) is 0 Å². The van der Waals surface area contributed by atoms with Gasteiger partial charge < -0.3 is 21.1 Å². The SMILES string of the molecule is CC(C)[C@H](N)C(=O)NCC(=O)NCC1(N2CCOC(C)(C)C2)CCCCC1. The number of hydrogen-bond acceptors (Lipinski definition) is 5. The second-order valence-electron chi connectivity index (χ2n) is 9.08. The Morgan fingerprint density at radius 2 is 1.81 bits per heavy atom. The predicted molar refractivity (Wildman–Crippen MR) is 106 cm³/mol. The number of carbonyl (C=O) groups excluding carboxylic acids is 2. The molecule has 7 nitrogen and oxygen atoms in total. The summed E-state index contributed by atoms with van der Waals surface area (Å²) >= 11 is 0. The van der Waals surface area contributed by atoms with Gasteiger partial charge in [0.2, 0.25) is 11.8 Å². The molecule has 0 aromatic heterocycles. The minimum atomic E-state index is -0.585. The fourth-order valence-corrected chi connectivity index (χ4v) is 4.15. The van der Waals surface area contributed by atoms with Gasteiger partial charge in [-0.05, 0) is 32.6 Å². The molecule has 7 heteroatoms. The largest absolute Gasteiger partial charge is 0.373 e. The number of amides is 2. The first-order chi connectivity index (χ1) is 12.7. The Hall–Kier alpha value is -1.18. The lowest BCUT2D eigenvalue weighted by atomic mass is 9.79. The van der Waals surface area contributed by atoms with E-state index in [1.54, 1.807) is 0 Å². The average Bonchev–Trinajstić information content (AvgIpc) is 2.63. The summed E-state index contributed by atoms with van der Waals surface area (Å²) in [6.07, 6.45) is 5.82. The van der Waals surface area contributed by atoms with Crippen LogP contribution in [0.1, 0.15) is 59.8 Å². The molecule has 0 unspecified atom stereocenters. The topological polar surface area (TPSA) is 96.7 Å². The van der Waals surface area contributed by atoms with Crippen LogP contribution in [0.2, 0.25) is 0 Å². The third-order valence-electron chi connectivity index (χ3n) is 5.94. The smallest absolute Gasteiger partial charge is 0.239 e. The molecular weight excluding hydrogens is 344 g/mol. The van der Waals surface area contributed by atoms with E-state index in [4.69, 9.17) is 10.5 Å². The van der Waals surface area contributed by atoms with Gasteiger partial charge in [-0.15, -0.1) is 0 Å². The van der Waals surface area contributed by atoms with Crippen LogP contribution in [0.3, 0.4) is 0 Å². The molecule has 0 bridgehead atoms. The Balaban J connectivity index is 1.90. The summed E-state index contributed by atoms with van der Waals surface area (Å²) in [7, 11) is 0. The van der Waals surface area contributed by atoms with Crippen molar-refractivity contribution in [1.82, 2.24) is 15.5 Å². The maximum atomic E-state index is 12.3. The zero-order valence-electron chi connectivity index (χ0n) is 17.5. The second-order valence-corrected chi connectivity index (χ2v) is 9.08. The quantitative estimate of drug-likeness (QED) is 0.611. The highest BCUT2D eigenvalue weighted by molar-refractivity contribution is 5.87. The van der Waals surface area contributed by atoms with Crippen LogP contribution in [-0.4, -0.2) is 66.7 Å². The third kappa shape index (κ3) is 6.16. The first-order valence-corrected chi connectivity index (χ1v) is 10.3. The van der Waals surface area contributed by atoms with Gasteiger partial charge in [0.1, 0.15) is 0 Å². The van der Waals surface area contributed by atoms with Crippen molar-refractivity contribution < 1.29 is 14.3 Å². The highest BCUT2D eigenvalue weighted by Gasteiger charge is 2.42.